The Morgan fingerprint density at radius 3 is 2.50 bits per heavy atom. The van der Waals surface area contributed by atoms with Crippen molar-refractivity contribution in [2.75, 3.05) is 0 Å². The molecule has 0 heterocycles. The average molecular weight is 267 g/mol. The Labute approximate surface area is 107 Å². The molecule has 0 aliphatic rings. The lowest BCUT2D eigenvalue weighted by Crippen LogP contribution is -1.97. The zero-order chi connectivity index (χ0) is 13.3. The standard InChI is InChI=1S/C13H8ClFO3/c14-10-6-7(2-4-12(10)16)9-5-8(13(17)18)1-3-11(9)15/h1-6,16H,(H,17,18). The van der Waals surface area contributed by atoms with E-state index in [1.807, 2.05) is 0 Å². The Bertz CT molecular complexity index is 626. The lowest BCUT2D eigenvalue weighted by Gasteiger charge is -2.06. The summed E-state index contributed by atoms with van der Waals surface area (Å²) in [6, 6.07) is 7.65. The second-order valence-electron chi connectivity index (χ2n) is 3.67. The maximum absolute atomic E-state index is 13.7. The van der Waals surface area contributed by atoms with Gasteiger partial charge in [-0.15, -0.1) is 0 Å². The minimum Gasteiger partial charge on any atom is -0.506 e. The summed E-state index contributed by atoms with van der Waals surface area (Å²) in [5.41, 5.74) is 0.505. The van der Waals surface area contributed by atoms with Crippen LogP contribution in [0.2, 0.25) is 5.02 Å². The highest BCUT2D eigenvalue weighted by molar-refractivity contribution is 6.32. The van der Waals surface area contributed by atoms with Gasteiger partial charge in [-0.1, -0.05) is 17.7 Å². The van der Waals surface area contributed by atoms with Crippen LogP contribution in [-0.4, -0.2) is 16.2 Å². The van der Waals surface area contributed by atoms with Crippen LogP contribution >= 0.6 is 11.6 Å². The highest BCUT2D eigenvalue weighted by Crippen LogP contribution is 2.31. The number of hydrogen-bond acceptors (Lipinski definition) is 2. The number of halogens is 2. The van der Waals surface area contributed by atoms with Crippen LogP contribution in [0.3, 0.4) is 0 Å². The highest BCUT2D eigenvalue weighted by Gasteiger charge is 2.11. The van der Waals surface area contributed by atoms with Crippen molar-refractivity contribution in [2.45, 2.75) is 0 Å². The number of aromatic carboxylic acids is 1. The zero-order valence-electron chi connectivity index (χ0n) is 9.02. The van der Waals surface area contributed by atoms with Crippen molar-refractivity contribution < 1.29 is 19.4 Å². The third-order valence-corrected chi connectivity index (χ3v) is 2.77. The summed E-state index contributed by atoms with van der Waals surface area (Å²) in [5, 5.41) is 18.2. The molecule has 92 valence electrons. The Morgan fingerprint density at radius 2 is 1.89 bits per heavy atom. The van der Waals surface area contributed by atoms with Crippen LogP contribution in [0.25, 0.3) is 11.1 Å². The van der Waals surface area contributed by atoms with Gasteiger partial charge in [0.15, 0.2) is 0 Å². The maximum Gasteiger partial charge on any atom is 0.335 e. The molecule has 5 heteroatoms. The van der Waals surface area contributed by atoms with E-state index in [-0.39, 0.29) is 21.9 Å². The summed E-state index contributed by atoms with van der Waals surface area (Å²) in [5.74, 6) is -1.81. The molecule has 0 aliphatic heterocycles. The fraction of sp³-hybridized carbons (Fsp3) is 0. The normalized spacial score (nSPS) is 10.3. The molecule has 0 radical (unpaired) electrons. The summed E-state index contributed by atoms with van der Waals surface area (Å²) in [4.78, 5) is 10.8. The van der Waals surface area contributed by atoms with Crippen LogP contribution in [0.1, 0.15) is 10.4 Å². The molecule has 0 unspecified atom stereocenters. The Morgan fingerprint density at radius 1 is 1.17 bits per heavy atom. The molecule has 0 fully saturated rings. The van der Waals surface area contributed by atoms with Crippen LogP contribution in [0.15, 0.2) is 36.4 Å². The van der Waals surface area contributed by atoms with Gasteiger partial charge in [0.2, 0.25) is 0 Å². The summed E-state index contributed by atoms with van der Waals surface area (Å²) in [6.07, 6.45) is 0. The molecular formula is C13H8ClFO3. The fourth-order valence-electron chi connectivity index (χ4n) is 1.55. The Balaban J connectivity index is 2.58. The molecule has 0 saturated heterocycles. The Kier molecular flexibility index (Phi) is 3.21. The third-order valence-electron chi connectivity index (χ3n) is 2.47. The quantitative estimate of drug-likeness (QED) is 0.874. The Hall–Kier alpha value is -2.07. The molecule has 2 N–H and O–H groups in total. The van der Waals surface area contributed by atoms with Gasteiger partial charge in [-0.05, 0) is 35.9 Å². The second kappa shape index (κ2) is 4.66. The summed E-state index contributed by atoms with van der Waals surface area (Å²) in [7, 11) is 0. The van der Waals surface area contributed by atoms with E-state index in [2.05, 4.69) is 0 Å². The molecule has 0 aromatic heterocycles. The molecule has 18 heavy (non-hydrogen) atoms. The molecule has 2 aromatic carbocycles. The van der Waals surface area contributed by atoms with Crippen molar-refractivity contribution in [3.63, 3.8) is 0 Å². The van der Waals surface area contributed by atoms with E-state index in [9.17, 15) is 14.3 Å². The number of hydrogen-bond donors (Lipinski definition) is 2. The summed E-state index contributed by atoms with van der Waals surface area (Å²) >= 11 is 5.73. The van der Waals surface area contributed by atoms with E-state index in [0.717, 1.165) is 6.07 Å². The number of phenolic OH excluding ortho intramolecular Hbond substituents is 1. The summed E-state index contributed by atoms with van der Waals surface area (Å²) < 4.78 is 13.7. The van der Waals surface area contributed by atoms with Crippen molar-refractivity contribution in [3.05, 3.63) is 52.8 Å². The maximum atomic E-state index is 13.7. The molecule has 2 rings (SSSR count). The van der Waals surface area contributed by atoms with Crippen LogP contribution < -0.4 is 0 Å². The van der Waals surface area contributed by atoms with Gasteiger partial charge in [0.25, 0.3) is 0 Å². The molecule has 0 spiro atoms. The van der Waals surface area contributed by atoms with Gasteiger partial charge < -0.3 is 10.2 Å². The fourth-order valence-corrected chi connectivity index (χ4v) is 1.73. The lowest BCUT2D eigenvalue weighted by molar-refractivity contribution is 0.0697. The molecule has 0 aliphatic carbocycles. The number of aromatic hydroxyl groups is 1. The minimum atomic E-state index is -1.14. The first-order valence-corrected chi connectivity index (χ1v) is 5.38. The predicted octanol–water partition coefficient (Wildman–Crippen LogP) is 3.55. The van der Waals surface area contributed by atoms with E-state index < -0.39 is 11.8 Å². The van der Waals surface area contributed by atoms with Gasteiger partial charge in [-0.3, -0.25) is 0 Å². The highest BCUT2D eigenvalue weighted by atomic mass is 35.5. The minimum absolute atomic E-state index is 0.0180. The molecular weight excluding hydrogens is 259 g/mol. The largest absolute Gasteiger partial charge is 0.506 e. The van der Waals surface area contributed by atoms with E-state index in [1.54, 1.807) is 0 Å². The topological polar surface area (TPSA) is 57.5 Å². The summed E-state index contributed by atoms with van der Waals surface area (Å²) in [6.45, 7) is 0. The molecule has 0 amide bonds. The smallest absolute Gasteiger partial charge is 0.335 e. The van der Waals surface area contributed by atoms with Gasteiger partial charge >= 0.3 is 5.97 Å². The van der Waals surface area contributed by atoms with Crippen LogP contribution in [-0.2, 0) is 0 Å². The van der Waals surface area contributed by atoms with Crippen molar-refractivity contribution >= 4 is 17.6 Å². The van der Waals surface area contributed by atoms with Gasteiger partial charge in [0, 0.05) is 5.56 Å². The number of carboxylic acid groups (broad SMARTS) is 1. The number of benzene rings is 2. The van der Waals surface area contributed by atoms with Crippen LogP contribution in [0.4, 0.5) is 4.39 Å². The first-order valence-electron chi connectivity index (χ1n) is 5.01. The molecule has 0 atom stereocenters. The molecule has 2 aromatic rings. The molecule has 0 saturated carbocycles. The monoisotopic (exact) mass is 266 g/mol. The number of carboxylic acids is 1. The van der Waals surface area contributed by atoms with Gasteiger partial charge in [0.1, 0.15) is 11.6 Å². The third kappa shape index (κ3) is 2.28. The van der Waals surface area contributed by atoms with E-state index in [1.165, 1.54) is 30.3 Å². The SMILES string of the molecule is O=C(O)c1ccc(F)c(-c2ccc(O)c(Cl)c2)c1. The number of carbonyl (C=O) groups is 1. The first kappa shape index (κ1) is 12.4. The second-order valence-corrected chi connectivity index (χ2v) is 4.07. The van der Waals surface area contributed by atoms with E-state index in [0.29, 0.717) is 5.56 Å². The van der Waals surface area contributed by atoms with E-state index in [4.69, 9.17) is 16.7 Å². The predicted molar refractivity (Wildman–Crippen MR) is 65.5 cm³/mol. The van der Waals surface area contributed by atoms with Crippen LogP contribution in [0, 0.1) is 5.82 Å². The molecule has 0 bridgehead atoms. The van der Waals surface area contributed by atoms with E-state index >= 15 is 0 Å². The van der Waals surface area contributed by atoms with Gasteiger partial charge in [-0.2, -0.15) is 0 Å². The number of phenols is 1. The lowest BCUT2D eigenvalue weighted by atomic mass is 10.0. The zero-order valence-corrected chi connectivity index (χ0v) is 9.78. The molecule has 3 nitrogen and oxygen atoms in total. The number of rotatable bonds is 2. The van der Waals surface area contributed by atoms with Gasteiger partial charge in [-0.25, -0.2) is 9.18 Å². The van der Waals surface area contributed by atoms with Crippen molar-refractivity contribution in [3.8, 4) is 16.9 Å². The van der Waals surface area contributed by atoms with Crippen molar-refractivity contribution in [1.82, 2.24) is 0 Å². The van der Waals surface area contributed by atoms with Crippen molar-refractivity contribution in [1.29, 1.82) is 0 Å². The first-order chi connectivity index (χ1) is 8.49. The van der Waals surface area contributed by atoms with Crippen LogP contribution in [0.5, 0.6) is 5.75 Å². The van der Waals surface area contributed by atoms with Crippen molar-refractivity contribution in [2.24, 2.45) is 0 Å². The average Bonchev–Trinajstić information content (AvgIpc) is 2.33. The van der Waals surface area contributed by atoms with Gasteiger partial charge in [0.05, 0.1) is 10.6 Å².